The molecule has 0 aliphatic heterocycles. The molecular weight excluding hydrogens is 147 g/mol. The number of thiocarbonyl (C=S) groups is 1. The molecule has 1 aromatic carbocycles. The second kappa shape index (κ2) is 3.42. The highest BCUT2D eigenvalue weighted by molar-refractivity contribution is 7.78. The van der Waals surface area contributed by atoms with Gasteiger partial charge in [-0.05, 0) is 17.7 Å². The third-order valence-electron chi connectivity index (χ3n) is 1.17. The van der Waals surface area contributed by atoms with Crippen molar-refractivity contribution in [1.29, 1.82) is 0 Å². The molecule has 0 spiro atoms. The van der Waals surface area contributed by atoms with Gasteiger partial charge in [0.1, 0.15) is 5.82 Å². The van der Waals surface area contributed by atoms with Gasteiger partial charge in [0.15, 0.2) is 0 Å². The lowest BCUT2D eigenvalue weighted by molar-refractivity contribution is 0.626. The van der Waals surface area contributed by atoms with Crippen molar-refractivity contribution in [1.82, 2.24) is 0 Å². The van der Waals surface area contributed by atoms with Crippen molar-refractivity contribution in [3.05, 3.63) is 35.6 Å². The van der Waals surface area contributed by atoms with Gasteiger partial charge in [0.2, 0.25) is 0 Å². The van der Waals surface area contributed by atoms with Gasteiger partial charge < -0.3 is 0 Å². The Hall–Kier alpha value is -0.760. The van der Waals surface area contributed by atoms with Crippen molar-refractivity contribution in [3.8, 4) is 0 Å². The Balaban J connectivity index is 2.84. The van der Waals surface area contributed by atoms with Crippen LogP contribution in [0.25, 0.3) is 0 Å². The van der Waals surface area contributed by atoms with Crippen molar-refractivity contribution < 1.29 is 4.39 Å². The molecule has 1 rings (SSSR count). The van der Waals surface area contributed by atoms with E-state index in [-0.39, 0.29) is 5.82 Å². The average molecular weight is 153 g/mol. The molecule has 0 saturated heterocycles. The Morgan fingerprint density at radius 3 is 2.90 bits per heavy atom. The largest absolute Gasteiger partial charge is 0.207 e. The standard InChI is InChI=1S/C8H6FS/c9-8-3-1-2-7(6-8)4-5-10/h1-3,6H,4H2. The molecule has 51 valence electrons. The van der Waals surface area contributed by atoms with Crippen LogP contribution in [0, 0.1) is 5.82 Å². The first kappa shape index (κ1) is 7.35. The van der Waals surface area contributed by atoms with Crippen LogP contribution in [-0.2, 0) is 6.42 Å². The molecule has 0 aliphatic carbocycles. The highest BCUT2D eigenvalue weighted by Gasteiger charge is 1.91. The maximum atomic E-state index is 12.4. The van der Waals surface area contributed by atoms with E-state index in [1.54, 1.807) is 6.07 Å². The minimum atomic E-state index is -0.220. The number of hydrogen-bond acceptors (Lipinski definition) is 1. The summed E-state index contributed by atoms with van der Waals surface area (Å²) in [6, 6.07) is 6.35. The SMILES string of the molecule is Fc1cccc(C[C]=S)c1. The van der Waals surface area contributed by atoms with Crippen LogP contribution < -0.4 is 0 Å². The lowest BCUT2D eigenvalue weighted by Gasteiger charge is -1.92. The molecule has 0 atom stereocenters. The van der Waals surface area contributed by atoms with Crippen LogP contribution in [0.15, 0.2) is 24.3 Å². The van der Waals surface area contributed by atoms with Gasteiger partial charge in [-0.15, -0.1) is 0 Å². The van der Waals surface area contributed by atoms with Crippen LogP contribution in [0.5, 0.6) is 0 Å². The first-order valence-corrected chi connectivity index (χ1v) is 3.33. The lowest BCUT2D eigenvalue weighted by atomic mass is 10.2. The molecule has 0 unspecified atom stereocenters. The zero-order chi connectivity index (χ0) is 7.40. The quantitative estimate of drug-likeness (QED) is 0.587. The van der Waals surface area contributed by atoms with Crippen LogP contribution in [0.4, 0.5) is 4.39 Å². The number of halogens is 1. The minimum Gasteiger partial charge on any atom is -0.207 e. The topological polar surface area (TPSA) is 0 Å². The Bertz CT molecular complexity index is 232. The summed E-state index contributed by atoms with van der Waals surface area (Å²) in [7, 11) is 0. The number of hydrogen-bond donors (Lipinski definition) is 0. The molecule has 1 radical (unpaired) electrons. The Labute approximate surface area is 64.7 Å². The second-order valence-electron chi connectivity index (χ2n) is 1.95. The van der Waals surface area contributed by atoms with Gasteiger partial charge in [0, 0.05) is 11.8 Å². The highest BCUT2D eigenvalue weighted by Crippen LogP contribution is 2.02. The van der Waals surface area contributed by atoms with E-state index in [0.717, 1.165) is 5.56 Å². The number of rotatable bonds is 2. The summed E-state index contributed by atoms with van der Waals surface area (Å²) in [6.45, 7) is 0. The van der Waals surface area contributed by atoms with Crippen LogP contribution in [-0.4, -0.2) is 5.37 Å². The van der Waals surface area contributed by atoms with E-state index in [1.807, 2.05) is 6.07 Å². The zero-order valence-electron chi connectivity index (χ0n) is 5.30. The van der Waals surface area contributed by atoms with E-state index >= 15 is 0 Å². The normalized spacial score (nSPS) is 9.30. The fourth-order valence-corrected chi connectivity index (χ4v) is 0.897. The lowest BCUT2D eigenvalue weighted by Crippen LogP contribution is -1.84. The zero-order valence-corrected chi connectivity index (χ0v) is 6.12. The summed E-state index contributed by atoms with van der Waals surface area (Å²) in [5.41, 5.74) is 0.870. The molecule has 0 heterocycles. The van der Waals surface area contributed by atoms with Gasteiger partial charge in [-0.2, -0.15) is 0 Å². The van der Waals surface area contributed by atoms with Crippen molar-refractivity contribution in [2.45, 2.75) is 6.42 Å². The van der Waals surface area contributed by atoms with Crippen LogP contribution in [0.3, 0.4) is 0 Å². The van der Waals surface area contributed by atoms with Crippen LogP contribution in [0.1, 0.15) is 5.56 Å². The fraction of sp³-hybridized carbons (Fsp3) is 0.125. The summed E-state index contributed by atoms with van der Waals surface area (Å²) in [5, 5.41) is 2.53. The average Bonchev–Trinajstić information content (AvgIpc) is 1.88. The first-order valence-electron chi connectivity index (χ1n) is 2.92. The Kier molecular flexibility index (Phi) is 2.51. The first-order chi connectivity index (χ1) is 4.83. The van der Waals surface area contributed by atoms with E-state index in [1.165, 1.54) is 12.1 Å². The van der Waals surface area contributed by atoms with E-state index in [0.29, 0.717) is 6.42 Å². The summed E-state index contributed by atoms with van der Waals surface area (Å²) >= 11 is 4.50. The number of benzene rings is 1. The van der Waals surface area contributed by atoms with E-state index in [4.69, 9.17) is 0 Å². The fourth-order valence-electron chi connectivity index (χ4n) is 0.730. The molecule has 0 fully saturated rings. The van der Waals surface area contributed by atoms with Crippen molar-refractivity contribution in [2.75, 3.05) is 0 Å². The molecule has 0 nitrogen and oxygen atoms in total. The Morgan fingerprint density at radius 1 is 1.50 bits per heavy atom. The molecule has 2 heteroatoms. The molecule has 0 aliphatic rings. The van der Waals surface area contributed by atoms with Crippen molar-refractivity contribution >= 4 is 17.6 Å². The van der Waals surface area contributed by atoms with Crippen LogP contribution >= 0.6 is 12.2 Å². The van der Waals surface area contributed by atoms with E-state index in [2.05, 4.69) is 17.6 Å². The van der Waals surface area contributed by atoms with Gasteiger partial charge in [0.05, 0.1) is 0 Å². The molecule has 0 aromatic heterocycles. The second-order valence-corrected chi connectivity index (χ2v) is 2.24. The predicted molar refractivity (Wildman–Crippen MR) is 42.7 cm³/mol. The molecule has 1 aromatic rings. The highest BCUT2D eigenvalue weighted by atomic mass is 32.1. The molecule has 0 bridgehead atoms. The molecular formula is C8H6FS. The van der Waals surface area contributed by atoms with Crippen molar-refractivity contribution in [3.63, 3.8) is 0 Å². The smallest absolute Gasteiger partial charge is 0.123 e. The van der Waals surface area contributed by atoms with Gasteiger partial charge >= 0.3 is 0 Å². The van der Waals surface area contributed by atoms with E-state index in [9.17, 15) is 4.39 Å². The molecule has 10 heavy (non-hydrogen) atoms. The monoisotopic (exact) mass is 153 g/mol. The summed E-state index contributed by atoms with van der Waals surface area (Å²) in [6.07, 6.45) is 0.535. The third kappa shape index (κ3) is 1.88. The summed E-state index contributed by atoms with van der Waals surface area (Å²) < 4.78 is 12.4. The summed E-state index contributed by atoms with van der Waals surface area (Å²) in [5.74, 6) is -0.220. The molecule has 0 N–H and O–H groups in total. The Morgan fingerprint density at radius 2 is 2.30 bits per heavy atom. The van der Waals surface area contributed by atoms with Gasteiger partial charge in [0.25, 0.3) is 0 Å². The van der Waals surface area contributed by atoms with Gasteiger partial charge in [-0.25, -0.2) is 4.39 Å². The van der Waals surface area contributed by atoms with Crippen molar-refractivity contribution in [2.24, 2.45) is 0 Å². The van der Waals surface area contributed by atoms with Gasteiger partial charge in [-0.3, -0.25) is 0 Å². The van der Waals surface area contributed by atoms with Gasteiger partial charge in [-0.1, -0.05) is 24.4 Å². The van der Waals surface area contributed by atoms with E-state index < -0.39 is 0 Å². The minimum absolute atomic E-state index is 0.220. The maximum absolute atomic E-state index is 12.4. The summed E-state index contributed by atoms with van der Waals surface area (Å²) in [4.78, 5) is 0. The molecule has 0 amide bonds. The molecule has 0 saturated carbocycles. The third-order valence-corrected chi connectivity index (χ3v) is 1.31. The van der Waals surface area contributed by atoms with Crippen LogP contribution in [0.2, 0.25) is 0 Å². The maximum Gasteiger partial charge on any atom is 0.123 e. The predicted octanol–water partition coefficient (Wildman–Crippen LogP) is 2.24.